The van der Waals surface area contributed by atoms with Crippen LogP contribution in [0.1, 0.15) is 20.3 Å². The van der Waals surface area contributed by atoms with Crippen molar-refractivity contribution in [3.05, 3.63) is 6.92 Å². The Balaban J connectivity index is -0.0000000800. The molecule has 1 atom stereocenters. The zero-order valence-corrected chi connectivity index (χ0v) is 7.25. The summed E-state index contributed by atoms with van der Waals surface area (Å²) in [6, 6.07) is 0. The van der Waals surface area contributed by atoms with Gasteiger partial charge in [-0.1, -0.05) is 20.3 Å². The smallest absolute Gasteiger partial charge is 1.00 e. The Morgan fingerprint density at radius 3 is 1.71 bits per heavy atom. The van der Waals surface area contributed by atoms with Crippen molar-refractivity contribution >= 4 is 23.1 Å². The normalized spacial score (nSPS) is 10.7. The van der Waals surface area contributed by atoms with Gasteiger partial charge < -0.3 is 19.3 Å². The maximum Gasteiger partial charge on any atom is 2.00 e. The number of rotatable bonds is 1. The molecular formula is C5H11ClMg. The van der Waals surface area contributed by atoms with Crippen LogP contribution >= 0.6 is 0 Å². The van der Waals surface area contributed by atoms with E-state index < -0.39 is 0 Å². The van der Waals surface area contributed by atoms with Gasteiger partial charge in [0.2, 0.25) is 0 Å². The fourth-order valence-corrected chi connectivity index (χ4v) is 0. The molecule has 0 fully saturated rings. The molecule has 0 heterocycles. The number of halogens is 1. The van der Waals surface area contributed by atoms with Crippen molar-refractivity contribution in [1.82, 2.24) is 0 Å². The third kappa shape index (κ3) is 19.3. The van der Waals surface area contributed by atoms with Gasteiger partial charge in [-0.25, -0.2) is 0 Å². The summed E-state index contributed by atoms with van der Waals surface area (Å²) in [4.78, 5) is 0. The van der Waals surface area contributed by atoms with Crippen molar-refractivity contribution in [3.8, 4) is 0 Å². The van der Waals surface area contributed by atoms with Gasteiger partial charge >= 0.3 is 23.1 Å². The molecule has 2 heteroatoms. The Kier molecular flexibility index (Phi) is 22.7. The van der Waals surface area contributed by atoms with Crippen LogP contribution in [-0.2, 0) is 0 Å². The molecule has 0 saturated heterocycles. The Bertz CT molecular complexity index is 22.0. The molecule has 0 aromatic rings. The summed E-state index contributed by atoms with van der Waals surface area (Å²) >= 11 is 0. The zero-order chi connectivity index (χ0) is 4.28. The molecule has 0 aromatic carbocycles. The first-order chi connectivity index (χ1) is 2.27. The first-order valence-electron chi connectivity index (χ1n) is 2.10. The van der Waals surface area contributed by atoms with E-state index >= 15 is 0 Å². The Labute approximate surface area is 68.6 Å². The minimum atomic E-state index is 0. The van der Waals surface area contributed by atoms with Crippen LogP contribution in [-0.4, -0.2) is 23.1 Å². The molecule has 0 aliphatic carbocycles. The maximum atomic E-state index is 3.76. The van der Waals surface area contributed by atoms with Crippen molar-refractivity contribution in [2.45, 2.75) is 20.3 Å². The van der Waals surface area contributed by atoms with Gasteiger partial charge in [0.1, 0.15) is 0 Å². The summed E-state index contributed by atoms with van der Waals surface area (Å²) in [5, 5.41) is 0. The molecule has 0 rings (SSSR count). The monoisotopic (exact) mass is 130 g/mol. The largest absolute Gasteiger partial charge is 2.00 e. The van der Waals surface area contributed by atoms with Crippen molar-refractivity contribution in [3.63, 3.8) is 0 Å². The molecule has 0 aliphatic rings. The first kappa shape index (κ1) is 15.7. The van der Waals surface area contributed by atoms with Crippen LogP contribution in [0.3, 0.4) is 0 Å². The van der Waals surface area contributed by atoms with E-state index in [1.807, 2.05) is 0 Å². The van der Waals surface area contributed by atoms with E-state index in [-0.39, 0.29) is 35.5 Å². The van der Waals surface area contributed by atoms with Crippen molar-refractivity contribution in [2.24, 2.45) is 5.92 Å². The van der Waals surface area contributed by atoms with Gasteiger partial charge in [-0.2, -0.15) is 5.92 Å². The number of hydrogen-bond acceptors (Lipinski definition) is 0. The SMILES string of the molecule is [CH2-][C@@H](C)CC.[Cl-].[Mg+2]. The topological polar surface area (TPSA) is 0 Å². The van der Waals surface area contributed by atoms with E-state index in [1.54, 1.807) is 0 Å². The third-order valence-electron chi connectivity index (χ3n) is 0.697. The van der Waals surface area contributed by atoms with Crippen LogP contribution in [0.2, 0.25) is 0 Å². The molecule has 0 N–H and O–H groups in total. The van der Waals surface area contributed by atoms with Gasteiger partial charge in [0.15, 0.2) is 0 Å². The predicted octanol–water partition coefficient (Wildman–Crippen LogP) is -1.51. The summed E-state index contributed by atoms with van der Waals surface area (Å²) in [7, 11) is 0. The Hall–Kier alpha value is 1.06. The molecule has 0 radical (unpaired) electrons. The number of hydrogen-bond donors (Lipinski definition) is 0. The average Bonchev–Trinajstić information content (AvgIpc) is 1.38. The fourth-order valence-electron chi connectivity index (χ4n) is 0. The summed E-state index contributed by atoms with van der Waals surface area (Å²) in [5.74, 6) is 0.634. The average molecular weight is 131 g/mol. The van der Waals surface area contributed by atoms with Crippen LogP contribution in [0.15, 0.2) is 0 Å². The molecule has 0 saturated carbocycles. The molecule has 0 aromatic heterocycles. The molecule has 0 spiro atoms. The van der Waals surface area contributed by atoms with E-state index in [9.17, 15) is 0 Å². The van der Waals surface area contributed by atoms with Crippen LogP contribution < -0.4 is 12.4 Å². The van der Waals surface area contributed by atoms with Crippen molar-refractivity contribution < 1.29 is 12.4 Å². The molecular weight excluding hydrogens is 120 g/mol. The molecule has 0 aliphatic heterocycles. The van der Waals surface area contributed by atoms with Gasteiger partial charge in [0.25, 0.3) is 0 Å². The molecule has 0 unspecified atom stereocenters. The summed E-state index contributed by atoms with van der Waals surface area (Å²) in [6.07, 6.45) is 1.19. The Morgan fingerprint density at radius 1 is 1.57 bits per heavy atom. The maximum absolute atomic E-state index is 3.76. The predicted molar refractivity (Wildman–Crippen MR) is 30.6 cm³/mol. The second kappa shape index (κ2) is 10.1. The van der Waals surface area contributed by atoms with Crippen LogP contribution in [0.25, 0.3) is 0 Å². The molecule has 0 bridgehead atoms. The van der Waals surface area contributed by atoms with Crippen molar-refractivity contribution in [1.29, 1.82) is 0 Å². The molecule has 0 amide bonds. The Morgan fingerprint density at radius 2 is 1.71 bits per heavy atom. The minimum absolute atomic E-state index is 0. The van der Waals surface area contributed by atoms with Gasteiger partial charge in [0.05, 0.1) is 0 Å². The van der Waals surface area contributed by atoms with E-state index in [1.165, 1.54) is 6.42 Å². The molecule has 7 heavy (non-hydrogen) atoms. The van der Waals surface area contributed by atoms with Crippen LogP contribution in [0.5, 0.6) is 0 Å². The zero-order valence-electron chi connectivity index (χ0n) is 5.08. The van der Waals surface area contributed by atoms with Crippen LogP contribution in [0, 0.1) is 12.8 Å². The minimum Gasteiger partial charge on any atom is -1.00 e. The van der Waals surface area contributed by atoms with Gasteiger partial charge in [-0.05, 0) is 0 Å². The molecule has 0 nitrogen and oxygen atoms in total. The van der Waals surface area contributed by atoms with E-state index in [0.717, 1.165) is 0 Å². The first-order valence-corrected chi connectivity index (χ1v) is 2.10. The fraction of sp³-hybridized carbons (Fsp3) is 0.800. The second-order valence-corrected chi connectivity index (χ2v) is 1.51. The van der Waals surface area contributed by atoms with Crippen molar-refractivity contribution in [2.75, 3.05) is 0 Å². The summed E-state index contributed by atoms with van der Waals surface area (Å²) in [5.41, 5.74) is 0. The quantitative estimate of drug-likeness (QED) is 0.299. The van der Waals surface area contributed by atoms with E-state index in [2.05, 4.69) is 20.8 Å². The van der Waals surface area contributed by atoms with Gasteiger partial charge in [-0.15, -0.1) is 0 Å². The van der Waals surface area contributed by atoms with Crippen LogP contribution in [0.4, 0.5) is 0 Å². The molecule has 40 valence electrons. The second-order valence-electron chi connectivity index (χ2n) is 1.51. The van der Waals surface area contributed by atoms with Gasteiger partial charge in [-0.3, -0.25) is 0 Å². The van der Waals surface area contributed by atoms with E-state index in [4.69, 9.17) is 0 Å². The third-order valence-corrected chi connectivity index (χ3v) is 0.697. The summed E-state index contributed by atoms with van der Waals surface area (Å²) in [6.45, 7) is 8.00. The van der Waals surface area contributed by atoms with Gasteiger partial charge in [0, 0.05) is 0 Å². The standard InChI is InChI=1S/C5H11.ClH.Mg/c1-4-5(2)3;;/h5H,2,4H2,1,3H3;1H;/q-1;;+2/p-1/t5-;;/m0../s1. The van der Waals surface area contributed by atoms with E-state index in [0.29, 0.717) is 5.92 Å². The summed E-state index contributed by atoms with van der Waals surface area (Å²) < 4.78 is 0.